The fraction of sp³-hybridized carbons (Fsp3) is 0.364. The molecular weight excluding hydrogens is 242 g/mol. The number of aliphatic hydroxyl groups is 1. The highest BCUT2D eigenvalue weighted by Crippen LogP contribution is 2.25. The molecule has 1 rings (SSSR count). The summed E-state index contributed by atoms with van der Waals surface area (Å²) in [5.74, 6) is -1.25. The van der Waals surface area contributed by atoms with Gasteiger partial charge in [0.2, 0.25) is 0 Å². The molecule has 1 aromatic carbocycles. The molecule has 0 aliphatic carbocycles. The van der Waals surface area contributed by atoms with Crippen LogP contribution in [0.25, 0.3) is 0 Å². The average molecular weight is 255 g/mol. The van der Waals surface area contributed by atoms with Crippen LogP contribution in [0.4, 0.5) is 5.69 Å². The van der Waals surface area contributed by atoms with Gasteiger partial charge >= 0.3 is 5.97 Å². The molecule has 18 heavy (non-hydrogen) atoms. The number of nitrogens with zero attached hydrogens (tertiary/aromatic N) is 1. The Morgan fingerprint density at radius 1 is 1.44 bits per heavy atom. The van der Waals surface area contributed by atoms with E-state index < -0.39 is 34.4 Å². The number of hydrogen-bond donors (Lipinski definition) is 2. The van der Waals surface area contributed by atoms with Gasteiger partial charge in [-0.3, -0.25) is 10.1 Å². The second-order valence-corrected chi connectivity index (χ2v) is 3.80. The summed E-state index contributed by atoms with van der Waals surface area (Å²) in [6, 6.07) is 3.43. The molecule has 2 unspecified atom stereocenters. The van der Waals surface area contributed by atoms with Crippen molar-refractivity contribution in [1.82, 2.24) is 0 Å². The molecule has 0 amide bonds. The summed E-state index contributed by atoms with van der Waals surface area (Å²) in [4.78, 5) is 20.7. The van der Waals surface area contributed by atoms with E-state index in [0.717, 1.165) is 12.1 Å². The second-order valence-electron chi connectivity index (χ2n) is 3.80. The zero-order valence-electron chi connectivity index (χ0n) is 9.86. The molecule has 0 aliphatic heterocycles. The first-order valence-electron chi connectivity index (χ1n) is 5.19. The normalized spacial score (nSPS) is 13.7. The summed E-state index contributed by atoms with van der Waals surface area (Å²) in [5, 5.41) is 28.8. The van der Waals surface area contributed by atoms with Gasteiger partial charge < -0.3 is 14.9 Å². The van der Waals surface area contributed by atoms with Crippen LogP contribution in [-0.2, 0) is 0 Å². The maximum absolute atomic E-state index is 10.9. The quantitative estimate of drug-likeness (QED) is 0.608. The van der Waals surface area contributed by atoms with E-state index in [2.05, 4.69) is 0 Å². The first kappa shape index (κ1) is 13.9. The van der Waals surface area contributed by atoms with Gasteiger partial charge in [0.05, 0.1) is 11.0 Å². The van der Waals surface area contributed by atoms with Gasteiger partial charge in [-0.05, 0) is 19.9 Å². The molecule has 0 spiro atoms. The Bertz CT molecular complexity index is 471. The van der Waals surface area contributed by atoms with Crippen molar-refractivity contribution in [3.8, 4) is 5.75 Å². The average Bonchev–Trinajstić information content (AvgIpc) is 2.28. The molecule has 0 saturated carbocycles. The van der Waals surface area contributed by atoms with Crippen LogP contribution in [0, 0.1) is 10.1 Å². The second kappa shape index (κ2) is 5.46. The Hall–Kier alpha value is -2.15. The highest BCUT2D eigenvalue weighted by Gasteiger charge is 2.21. The van der Waals surface area contributed by atoms with Gasteiger partial charge in [-0.25, -0.2) is 4.79 Å². The van der Waals surface area contributed by atoms with Gasteiger partial charge in [0.15, 0.2) is 0 Å². The van der Waals surface area contributed by atoms with Crippen LogP contribution >= 0.6 is 0 Å². The topological polar surface area (TPSA) is 110 Å². The summed E-state index contributed by atoms with van der Waals surface area (Å²) in [6.07, 6.45) is -1.29. The van der Waals surface area contributed by atoms with Gasteiger partial charge in [-0.2, -0.15) is 0 Å². The van der Waals surface area contributed by atoms with Crippen molar-refractivity contribution in [2.45, 2.75) is 26.1 Å². The van der Waals surface area contributed by atoms with E-state index in [1.807, 2.05) is 0 Å². The minimum atomic E-state index is -1.41. The minimum Gasteiger partial charge on any atom is -0.488 e. The molecule has 0 fully saturated rings. The third kappa shape index (κ3) is 3.17. The van der Waals surface area contributed by atoms with Gasteiger partial charge in [-0.15, -0.1) is 0 Å². The number of ether oxygens (including phenoxy) is 1. The van der Waals surface area contributed by atoms with Crippen LogP contribution in [0.5, 0.6) is 5.75 Å². The van der Waals surface area contributed by atoms with Gasteiger partial charge in [-0.1, -0.05) is 0 Å². The van der Waals surface area contributed by atoms with Gasteiger partial charge in [0, 0.05) is 12.1 Å². The maximum Gasteiger partial charge on any atom is 0.342 e. The Morgan fingerprint density at radius 3 is 2.50 bits per heavy atom. The molecule has 98 valence electrons. The number of aliphatic hydroxyl groups excluding tert-OH is 1. The third-order valence-corrected chi connectivity index (χ3v) is 2.40. The predicted molar refractivity (Wildman–Crippen MR) is 61.8 cm³/mol. The number of nitro groups is 1. The van der Waals surface area contributed by atoms with Crippen molar-refractivity contribution >= 4 is 11.7 Å². The van der Waals surface area contributed by atoms with Crippen LogP contribution < -0.4 is 4.74 Å². The summed E-state index contributed by atoms with van der Waals surface area (Å²) in [6.45, 7) is 3.13. The largest absolute Gasteiger partial charge is 0.488 e. The summed E-state index contributed by atoms with van der Waals surface area (Å²) >= 11 is 0. The van der Waals surface area contributed by atoms with E-state index in [1.54, 1.807) is 6.92 Å². The molecule has 0 saturated heterocycles. The van der Waals surface area contributed by atoms with E-state index in [1.165, 1.54) is 13.0 Å². The lowest BCUT2D eigenvalue weighted by Gasteiger charge is -2.17. The molecular formula is C11H13NO6. The van der Waals surface area contributed by atoms with Crippen molar-refractivity contribution in [2.24, 2.45) is 0 Å². The van der Waals surface area contributed by atoms with Gasteiger partial charge in [0.25, 0.3) is 5.69 Å². The van der Waals surface area contributed by atoms with E-state index in [4.69, 9.17) is 9.84 Å². The first-order chi connectivity index (χ1) is 8.32. The van der Waals surface area contributed by atoms with Crippen LogP contribution in [0.1, 0.15) is 24.2 Å². The Balaban J connectivity index is 3.08. The number of rotatable bonds is 5. The first-order valence-corrected chi connectivity index (χ1v) is 5.19. The van der Waals surface area contributed by atoms with Crippen molar-refractivity contribution < 1.29 is 24.7 Å². The van der Waals surface area contributed by atoms with Crippen molar-refractivity contribution in [2.75, 3.05) is 0 Å². The lowest BCUT2D eigenvalue weighted by molar-refractivity contribution is -0.385. The molecule has 0 aromatic heterocycles. The minimum absolute atomic E-state index is 0.159. The highest BCUT2D eigenvalue weighted by molar-refractivity contribution is 5.92. The van der Waals surface area contributed by atoms with E-state index in [-0.39, 0.29) is 5.75 Å². The monoisotopic (exact) mass is 255 g/mol. The SMILES string of the molecule is CC(O)C(C)Oc1ccc([N+](=O)[O-])c(C(=O)O)c1. The zero-order chi connectivity index (χ0) is 13.9. The molecule has 7 heteroatoms. The summed E-state index contributed by atoms with van der Waals surface area (Å²) in [5.41, 5.74) is -0.949. The number of carboxylic acid groups (broad SMARTS) is 1. The zero-order valence-corrected chi connectivity index (χ0v) is 9.86. The van der Waals surface area contributed by atoms with E-state index >= 15 is 0 Å². The number of benzene rings is 1. The van der Waals surface area contributed by atoms with Crippen LogP contribution in [-0.4, -0.2) is 33.3 Å². The van der Waals surface area contributed by atoms with Crippen LogP contribution in [0.2, 0.25) is 0 Å². The van der Waals surface area contributed by atoms with E-state index in [0.29, 0.717) is 0 Å². The Morgan fingerprint density at radius 2 is 2.06 bits per heavy atom. The maximum atomic E-state index is 10.9. The molecule has 0 heterocycles. The van der Waals surface area contributed by atoms with Crippen molar-refractivity contribution in [1.29, 1.82) is 0 Å². The fourth-order valence-corrected chi connectivity index (χ4v) is 1.23. The number of aromatic carboxylic acids is 1. The van der Waals surface area contributed by atoms with Crippen LogP contribution in [0.15, 0.2) is 18.2 Å². The fourth-order valence-electron chi connectivity index (χ4n) is 1.23. The molecule has 7 nitrogen and oxygen atoms in total. The van der Waals surface area contributed by atoms with Crippen molar-refractivity contribution in [3.63, 3.8) is 0 Å². The number of carboxylic acids is 1. The molecule has 1 aromatic rings. The number of nitro benzene ring substituents is 1. The Labute approximate surface area is 103 Å². The van der Waals surface area contributed by atoms with E-state index in [9.17, 15) is 20.0 Å². The van der Waals surface area contributed by atoms with Crippen LogP contribution in [0.3, 0.4) is 0 Å². The number of carbonyl (C=O) groups is 1. The lowest BCUT2D eigenvalue weighted by atomic mass is 10.1. The Kier molecular flexibility index (Phi) is 4.22. The molecule has 2 atom stereocenters. The smallest absolute Gasteiger partial charge is 0.342 e. The molecule has 0 aliphatic rings. The standard InChI is InChI=1S/C11H13NO6/c1-6(13)7(2)18-8-3-4-10(12(16)17)9(5-8)11(14)15/h3-7,13H,1-2H3,(H,14,15). The third-order valence-electron chi connectivity index (χ3n) is 2.40. The van der Waals surface area contributed by atoms with Gasteiger partial charge in [0.1, 0.15) is 17.4 Å². The highest BCUT2D eigenvalue weighted by atomic mass is 16.6. The predicted octanol–water partition coefficient (Wildman–Crippen LogP) is 1.44. The molecule has 0 bridgehead atoms. The summed E-state index contributed by atoms with van der Waals surface area (Å²) in [7, 11) is 0. The molecule has 2 N–H and O–H groups in total. The summed E-state index contributed by atoms with van der Waals surface area (Å²) < 4.78 is 5.27. The van der Waals surface area contributed by atoms with Crippen molar-refractivity contribution in [3.05, 3.63) is 33.9 Å². The molecule has 0 radical (unpaired) electrons. The lowest BCUT2D eigenvalue weighted by Crippen LogP contribution is -2.25. The number of hydrogen-bond acceptors (Lipinski definition) is 5.